The molecule has 0 radical (unpaired) electrons. The Morgan fingerprint density at radius 1 is 1.00 bits per heavy atom. The van der Waals surface area contributed by atoms with E-state index in [0.717, 1.165) is 22.4 Å². The second kappa shape index (κ2) is 9.87. The van der Waals surface area contributed by atoms with Crippen LogP contribution in [0.2, 0.25) is 0 Å². The van der Waals surface area contributed by atoms with Gasteiger partial charge in [-0.15, -0.1) is 5.10 Å². The van der Waals surface area contributed by atoms with Crippen molar-refractivity contribution >= 4 is 23.4 Å². The molecule has 33 heavy (non-hydrogen) atoms. The lowest BCUT2D eigenvalue weighted by Gasteiger charge is -2.18. The number of hydrogen-bond acceptors (Lipinski definition) is 6. The van der Waals surface area contributed by atoms with Crippen molar-refractivity contribution in [2.75, 3.05) is 12.4 Å². The van der Waals surface area contributed by atoms with E-state index in [0.29, 0.717) is 16.6 Å². The van der Waals surface area contributed by atoms with Gasteiger partial charge >= 0.3 is 0 Å². The maximum absolute atomic E-state index is 13.5. The molecule has 0 aliphatic rings. The number of anilines is 1. The van der Waals surface area contributed by atoms with Crippen LogP contribution in [0, 0.1) is 20.8 Å². The summed E-state index contributed by atoms with van der Waals surface area (Å²) < 4.78 is 7.09. The minimum atomic E-state index is -0.576. The predicted octanol–water partition coefficient (Wildman–Crippen LogP) is 5.07. The molecular weight excluding hydrogens is 434 g/mol. The molecule has 1 unspecified atom stereocenters. The van der Waals surface area contributed by atoms with Gasteiger partial charge < -0.3 is 10.1 Å². The van der Waals surface area contributed by atoms with Gasteiger partial charge in [0.1, 0.15) is 11.0 Å². The van der Waals surface area contributed by atoms with E-state index in [-0.39, 0.29) is 5.91 Å². The first-order valence-corrected chi connectivity index (χ1v) is 11.4. The molecule has 0 fully saturated rings. The van der Waals surface area contributed by atoms with Crippen molar-refractivity contribution < 1.29 is 9.53 Å². The molecule has 0 saturated carbocycles. The van der Waals surface area contributed by atoms with Gasteiger partial charge in [0.2, 0.25) is 11.1 Å². The van der Waals surface area contributed by atoms with Crippen molar-refractivity contribution in [3.05, 3.63) is 89.0 Å². The fourth-order valence-electron chi connectivity index (χ4n) is 3.40. The highest BCUT2D eigenvalue weighted by molar-refractivity contribution is 8.00. The number of rotatable bonds is 7. The van der Waals surface area contributed by atoms with E-state index >= 15 is 0 Å². The van der Waals surface area contributed by atoms with Crippen LogP contribution in [-0.2, 0) is 4.79 Å². The fraction of sp³-hybridized carbons (Fsp3) is 0.200. The molecule has 0 bridgehead atoms. The molecule has 1 amide bonds. The third kappa shape index (κ3) is 5.06. The molecule has 7 nitrogen and oxygen atoms in total. The van der Waals surface area contributed by atoms with Crippen LogP contribution in [0.4, 0.5) is 5.69 Å². The Morgan fingerprint density at radius 3 is 2.52 bits per heavy atom. The van der Waals surface area contributed by atoms with E-state index in [1.165, 1.54) is 17.3 Å². The topological polar surface area (TPSA) is 81.9 Å². The molecule has 0 aliphatic heterocycles. The summed E-state index contributed by atoms with van der Waals surface area (Å²) in [4.78, 5) is 13.5. The van der Waals surface area contributed by atoms with Crippen LogP contribution >= 0.6 is 11.8 Å². The highest BCUT2D eigenvalue weighted by atomic mass is 32.2. The molecule has 8 heteroatoms. The van der Waals surface area contributed by atoms with Crippen LogP contribution in [0.15, 0.2) is 71.9 Å². The van der Waals surface area contributed by atoms with Crippen molar-refractivity contribution in [1.29, 1.82) is 0 Å². The Balaban J connectivity index is 1.68. The minimum absolute atomic E-state index is 0.190. The Kier molecular flexibility index (Phi) is 6.74. The first-order valence-electron chi connectivity index (χ1n) is 10.5. The van der Waals surface area contributed by atoms with E-state index in [1.807, 2.05) is 80.6 Å². The summed E-state index contributed by atoms with van der Waals surface area (Å²) in [7, 11) is 1.58. The van der Waals surface area contributed by atoms with Crippen LogP contribution in [0.5, 0.6) is 5.75 Å². The quantitative estimate of drug-likeness (QED) is 0.389. The second-order valence-electron chi connectivity index (χ2n) is 7.74. The molecule has 168 valence electrons. The second-order valence-corrected chi connectivity index (χ2v) is 8.82. The first-order chi connectivity index (χ1) is 16.0. The molecule has 1 atom stereocenters. The molecule has 0 saturated heterocycles. The number of aryl methyl sites for hydroxylation is 3. The summed E-state index contributed by atoms with van der Waals surface area (Å²) in [6.45, 7) is 6.07. The van der Waals surface area contributed by atoms with Crippen molar-refractivity contribution in [3.8, 4) is 11.4 Å². The van der Waals surface area contributed by atoms with Crippen LogP contribution in [-0.4, -0.2) is 33.2 Å². The van der Waals surface area contributed by atoms with Crippen LogP contribution in [0.25, 0.3) is 5.69 Å². The number of thioether (sulfide) groups is 1. The van der Waals surface area contributed by atoms with Crippen LogP contribution in [0.3, 0.4) is 0 Å². The summed E-state index contributed by atoms with van der Waals surface area (Å²) in [6.07, 6.45) is 0. The standard InChI is InChI=1S/C25H25N5O2S/c1-16-10-13-22(32-4)21(14-16)26-24(31)23(19-8-6-5-7-9-19)33-25-27-28-29-30(25)20-12-11-17(2)18(3)15-20/h5-15,23H,1-4H3,(H,26,31). The number of hydrogen-bond donors (Lipinski definition) is 1. The van der Waals surface area contributed by atoms with Gasteiger partial charge in [0.15, 0.2) is 0 Å². The molecule has 1 N–H and O–H groups in total. The third-order valence-corrected chi connectivity index (χ3v) is 6.54. The molecule has 4 aromatic rings. The van der Waals surface area contributed by atoms with E-state index < -0.39 is 5.25 Å². The molecule has 1 heterocycles. The van der Waals surface area contributed by atoms with E-state index in [2.05, 4.69) is 27.8 Å². The highest BCUT2D eigenvalue weighted by Crippen LogP contribution is 2.37. The Morgan fingerprint density at radius 2 is 1.79 bits per heavy atom. The van der Waals surface area contributed by atoms with Crippen molar-refractivity contribution in [3.63, 3.8) is 0 Å². The van der Waals surface area contributed by atoms with Gasteiger partial charge in [-0.25, -0.2) is 0 Å². The predicted molar refractivity (Wildman–Crippen MR) is 130 cm³/mol. The van der Waals surface area contributed by atoms with Crippen molar-refractivity contribution in [1.82, 2.24) is 20.2 Å². The Bertz CT molecular complexity index is 1270. The summed E-state index contributed by atoms with van der Waals surface area (Å²) in [5.41, 5.74) is 5.67. The number of nitrogens with zero attached hydrogens (tertiary/aromatic N) is 4. The SMILES string of the molecule is COc1ccc(C)cc1NC(=O)C(Sc1nnnn1-c1ccc(C)c(C)c1)c1ccccc1. The number of benzene rings is 3. The number of carbonyl (C=O) groups is 1. The highest BCUT2D eigenvalue weighted by Gasteiger charge is 2.26. The number of nitrogens with one attached hydrogen (secondary N) is 1. The zero-order valence-electron chi connectivity index (χ0n) is 18.9. The third-order valence-electron chi connectivity index (χ3n) is 5.35. The zero-order valence-corrected chi connectivity index (χ0v) is 19.8. The van der Waals surface area contributed by atoms with Gasteiger partial charge in [-0.2, -0.15) is 4.68 Å². The summed E-state index contributed by atoms with van der Waals surface area (Å²) >= 11 is 1.30. The molecule has 0 spiro atoms. The van der Waals surface area contributed by atoms with Gasteiger partial charge in [-0.1, -0.05) is 54.2 Å². The van der Waals surface area contributed by atoms with Gasteiger partial charge in [-0.05, 0) is 77.7 Å². The maximum Gasteiger partial charge on any atom is 0.242 e. The lowest BCUT2D eigenvalue weighted by Crippen LogP contribution is -2.20. The van der Waals surface area contributed by atoms with Crippen molar-refractivity contribution in [2.45, 2.75) is 31.2 Å². The Hall–Kier alpha value is -3.65. The maximum atomic E-state index is 13.5. The van der Waals surface area contributed by atoms with Crippen LogP contribution in [0.1, 0.15) is 27.5 Å². The van der Waals surface area contributed by atoms with E-state index in [9.17, 15) is 4.79 Å². The number of carbonyl (C=O) groups excluding carboxylic acids is 1. The lowest BCUT2D eigenvalue weighted by atomic mass is 10.1. The number of aromatic nitrogens is 4. The van der Waals surface area contributed by atoms with Gasteiger partial charge in [0, 0.05) is 0 Å². The average Bonchev–Trinajstić information content (AvgIpc) is 3.28. The summed E-state index contributed by atoms with van der Waals surface area (Å²) in [6, 6.07) is 21.3. The van der Waals surface area contributed by atoms with E-state index in [1.54, 1.807) is 11.8 Å². The van der Waals surface area contributed by atoms with Gasteiger partial charge in [0.05, 0.1) is 18.5 Å². The number of tetrazole rings is 1. The number of ether oxygens (including phenoxy) is 1. The smallest absolute Gasteiger partial charge is 0.242 e. The fourth-order valence-corrected chi connectivity index (χ4v) is 4.39. The van der Waals surface area contributed by atoms with Gasteiger partial charge in [-0.3, -0.25) is 4.79 Å². The molecular formula is C25H25N5O2S. The Labute approximate surface area is 197 Å². The van der Waals surface area contributed by atoms with Crippen LogP contribution < -0.4 is 10.1 Å². The first kappa shape index (κ1) is 22.5. The monoisotopic (exact) mass is 459 g/mol. The lowest BCUT2D eigenvalue weighted by molar-refractivity contribution is -0.115. The summed E-state index contributed by atoms with van der Waals surface area (Å²) in [5, 5.41) is 15.2. The zero-order chi connectivity index (χ0) is 23.4. The van der Waals surface area contributed by atoms with Crippen molar-refractivity contribution in [2.24, 2.45) is 0 Å². The largest absolute Gasteiger partial charge is 0.495 e. The van der Waals surface area contributed by atoms with Gasteiger partial charge in [0.25, 0.3) is 0 Å². The minimum Gasteiger partial charge on any atom is -0.495 e. The van der Waals surface area contributed by atoms with E-state index in [4.69, 9.17) is 4.74 Å². The molecule has 4 rings (SSSR count). The molecule has 0 aliphatic carbocycles. The number of amides is 1. The average molecular weight is 460 g/mol. The summed E-state index contributed by atoms with van der Waals surface area (Å²) in [5.74, 6) is 0.412. The number of methoxy groups -OCH3 is 1. The normalized spacial score (nSPS) is 11.8. The molecule has 1 aromatic heterocycles. The molecule has 3 aromatic carbocycles.